The third kappa shape index (κ3) is 2.10. The van der Waals surface area contributed by atoms with Crippen molar-refractivity contribution in [3.8, 4) is 11.3 Å². The van der Waals surface area contributed by atoms with Gasteiger partial charge in [0.25, 0.3) is 0 Å². The molecule has 1 aromatic heterocycles. The molecular weight excluding hydrogens is 202 g/mol. The molecule has 0 aliphatic rings. The van der Waals surface area contributed by atoms with Gasteiger partial charge in [-0.25, -0.2) is 4.98 Å². The minimum absolute atomic E-state index is 1.06. The number of aromatic nitrogens is 1. The van der Waals surface area contributed by atoms with Gasteiger partial charge in [-0.15, -0.1) is 11.3 Å². The van der Waals surface area contributed by atoms with E-state index in [2.05, 4.69) is 50.0 Å². The van der Waals surface area contributed by atoms with Crippen molar-refractivity contribution in [2.75, 3.05) is 0 Å². The number of aryl methyl sites for hydroxylation is 3. The van der Waals surface area contributed by atoms with Crippen LogP contribution in [0, 0.1) is 13.8 Å². The Bertz CT molecular complexity index is 454. The van der Waals surface area contributed by atoms with Gasteiger partial charge in [-0.1, -0.05) is 36.8 Å². The molecular formula is C13H15NS. The van der Waals surface area contributed by atoms with Crippen LogP contribution in [0.4, 0.5) is 0 Å². The second kappa shape index (κ2) is 4.15. The van der Waals surface area contributed by atoms with Crippen molar-refractivity contribution in [1.82, 2.24) is 4.98 Å². The number of benzene rings is 1. The lowest BCUT2D eigenvalue weighted by Crippen LogP contribution is -1.83. The number of hydrogen-bond acceptors (Lipinski definition) is 2. The van der Waals surface area contributed by atoms with E-state index in [1.165, 1.54) is 21.7 Å². The summed E-state index contributed by atoms with van der Waals surface area (Å²) in [6, 6.07) is 8.60. The Balaban J connectivity index is 2.48. The van der Waals surface area contributed by atoms with E-state index in [4.69, 9.17) is 0 Å². The van der Waals surface area contributed by atoms with Crippen LogP contribution in [0.2, 0.25) is 0 Å². The molecule has 2 rings (SSSR count). The molecule has 0 spiro atoms. The number of thiazole rings is 1. The molecule has 0 N–H and O–H groups in total. The summed E-state index contributed by atoms with van der Waals surface area (Å²) in [6.07, 6.45) is 1.06. The average Bonchev–Trinajstić information content (AvgIpc) is 2.61. The van der Waals surface area contributed by atoms with E-state index >= 15 is 0 Å². The van der Waals surface area contributed by atoms with Gasteiger partial charge in [0.15, 0.2) is 0 Å². The standard InChI is InChI=1S/C13H15NS/c1-4-12-13(14-10(3)15-12)11-7-5-9(2)6-8-11/h5-8H,4H2,1-3H3. The van der Waals surface area contributed by atoms with Gasteiger partial charge in [0, 0.05) is 10.4 Å². The normalized spacial score (nSPS) is 10.6. The van der Waals surface area contributed by atoms with E-state index in [1.807, 2.05) is 0 Å². The first-order valence-electron chi connectivity index (χ1n) is 5.24. The Morgan fingerprint density at radius 3 is 2.40 bits per heavy atom. The lowest BCUT2D eigenvalue weighted by Gasteiger charge is -2.00. The molecule has 0 aliphatic heterocycles. The lowest BCUT2D eigenvalue weighted by molar-refractivity contribution is 1.16. The summed E-state index contributed by atoms with van der Waals surface area (Å²) >= 11 is 1.80. The van der Waals surface area contributed by atoms with Crippen molar-refractivity contribution in [3.05, 3.63) is 39.7 Å². The van der Waals surface area contributed by atoms with Crippen LogP contribution in [0.5, 0.6) is 0 Å². The van der Waals surface area contributed by atoms with Gasteiger partial charge in [0.05, 0.1) is 10.7 Å². The lowest BCUT2D eigenvalue weighted by atomic mass is 10.1. The molecule has 0 unspecified atom stereocenters. The maximum absolute atomic E-state index is 4.60. The van der Waals surface area contributed by atoms with Crippen molar-refractivity contribution < 1.29 is 0 Å². The highest BCUT2D eigenvalue weighted by Gasteiger charge is 2.08. The second-order valence-corrected chi connectivity index (χ2v) is 5.01. The molecule has 1 heterocycles. The summed E-state index contributed by atoms with van der Waals surface area (Å²) < 4.78 is 0. The number of nitrogens with zero attached hydrogens (tertiary/aromatic N) is 1. The second-order valence-electron chi connectivity index (χ2n) is 3.72. The van der Waals surface area contributed by atoms with Crippen LogP contribution in [-0.2, 0) is 6.42 Å². The molecule has 78 valence electrons. The molecule has 2 aromatic rings. The van der Waals surface area contributed by atoms with Crippen molar-refractivity contribution >= 4 is 11.3 Å². The highest BCUT2D eigenvalue weighted by molar-refractivity contribution is 7.12. The molecule has 0 saturated heterocycles. The molecule has 0 fully saturated rings. The summed E-state index contributed by atoms with van der Waals surface area (Å²) in [5.41, 5.74) is 3.70. The quantitative estimate of drug-likeness (QED) is 0.741. The van der Waals surface area contributed by atoms with E-state index in [0.717, 1.165) is 11.4 Å². The van der Waals surface area contributed by atoms with Gasteiger partial charge < -0.3 is 0 Å². The van der Waals surface area contributed by atoms with Gasteiger partial charge in [-0.05, 0) is 20.3 Å². The Hall–Kier alpha value is -1.15. The van der Waals surface area contributed by atoms with Gasteiger partial charge in [0.2, 0.25) is 0 Å². The van der Waals surface area contributed by atoms with E-state index in [9.17, 15) is 0 Å². The number of hydrogen-bond donors (Lipinski definition) is 0. The third-order valence-electron chi connectivity index (χ3n) is 2.45. The summed E-state index contributed by atoms with van der Waals surface area (Å²) in [7, 11) is 0. The van der Waals surface area contributed by atoms with Crippen molar-refractivity contribution in [1.29, 1.82) is 0 Å². The Morgan fingerprint density at radius 1 is 1.13 bits per heavy atom. The minimum atomic E-state index is 1.06. The molecule has 0 radical (unpaired) electrons. The highest BCUT2D eigenvalue weighted by Crippen LogP contribution is 2.28. The van der Waals surface area contributed by atoms with Gasteiger partial charge >= 0.3 is 0 Å². The molecule has 0 aliphatic carbocycles. The maximum atomic E-state index is 4.60. The zero-order valence-corrected chi connectivity index (χ0v) is 10.2. The predicted molar refractivity (Wildman–Crippen MR) is 66.4 cm³/mol. The Labute approximate surface area is 94.8 Å². The van der Waals surface area contributed by atoms with Gasteiger partial charge in [-0.3, -0.25) is 0 Å². The van der Waals surface area contributed by atoms with Crippen LogP contribution in [-0.4, -0.2) is 4.98 Å². The first-order valence-corrected chi connectivity index (χ1v) is 6.05. The average molecular weight is 217 g/mol. The highest BCUT2D eigenvalue weighted by atomic mass is 32.1. The van der Waals surface area contributed by atoms with E-state index in [-0.39, 0.29) is 0 Å². The van der Waals surface area contributed by atoms with Crippen molar-refractivity contribution in [3.63, 3.8) is 0 Å². The zero-order valence-electron chi connectivity index (χ0n) is 9.37. The van der Waals surface area contributed by atoms with Crippen molar-refractivity contribution in [2.45, 2.75) is 27.2 Å². The number of rotatable bonds is 2. The van der Waals surface area contributed by atoms with Crippen LogP contribution in [0.25, 0.3) is 11.3 Å². The molecule has 0 bridgehead atoms. The summed E-state index contributed by atoms with van der Waals surface area (Å²) in [5, 5.41) is 1.16. The van der Waals surface area contributed by atoms with Crippen LogP contribution in [0.15, 0.2) is 24.3 Å². The zero-order chi connectivity index (χ0) is 10.8. The summed E-state index contributed by atoms with van der Waals surface area (Å²) in [4.78, 5) is 5.99. The largest absolute Gasteiger partial charge is 0.241 e. The topological polar surface area (TPSA) is 12.9 Å². The van der Waals surface area contributed by atoms with Gasteiger partial charge in [0.1, 0.15) is 0 Å². The first kappa shape index (κ1) is 10.4. The SMILES string of the molecule is CCc1sc(C)nc1-c1ccc(C)cc1. The van der Waals surface area contributed by atoms with E-state index < -0.39 is 0 Å². The van der Waals surface area contributed by atoms with Crippen LogP contribution in [0.1, 0.15) is 22.4 Å². The Morgan fingerprint density at radius 2 is 1.80 bits per heavy atom. The molecule has 0 amide bonds. The summed E-state index contributed by atoms with van der Waals surface area (Å²) in [6.45, 7) is 6.36. The van der Waals surface area contributed by atoms with Crippen molar-refractivity contribution in [2.24, 2.45) is 0 Å². The maximum Gasteiger partial charge on any atom is 0.0904 e. The fourth-order valence-electron chi connectivity index (χ4n) is 1.65. The smallest absolute Gasteiger partial charge is 0.0904 e. The minimum Gasteiger partial charge on any atom is -0.241 e. The first-order chi connectivity index (χ1) is 7.20. The molecule has 0 saturated carbocycles. The predicted octanol–water partition coefficient (Wildman–Crippen LogP) is 3.99. The van der Waals surface area contributed by atoms with Crippen LogP contribution >= 0.6 is 11.3 Å². The van der Waals surface area contributed by atoms with Gasteiger partial charge in [-0.2, -0.15) is 0 Å². The van der Waals surface area contributed by atoms with E-state index in [0.29, 0.717) is 0 Å². The monoisotopic (exact) mass is 217 g/mol. The fraction of sp³-hybridized carbons (Fsp3) is 0.308. The molecule has 2 heteroatoms. The molecule has 1 nitrogen and oxygen atoms in total. The van der Waals surface area contributed by atoms with Crippen LogP contribution in [0.3, 0.4) is 0 Å². The molecule has 1 aromatic carbocycles. The molecule has 0 atom stereocenters. The molecule has 15 heavy (non-hydrogen) atoms. The van der Waals surface area contributed by atoms with Crippen LogP contribution < -0.4 is 0 Å². The Kier molecular flexibility index (Phi) is 2.87. The summed E-state index contributed by atoms with van der Waals surface area (Å²) in [5.74, 6) is 0. The third-order valence-corrected chi connectivity index (χ3v) is 3.57. The fourth-order valence-corrected chi connectivity index (χ4v) is 2.54. The van der Waals surface area contributed by atoms with E-state index in [1.54, 1.807) is 11.3 Å².